The lowest BCUT2D eigenvalue weighted by atomic mass is 9.97. The maximum Gasteiger partial charge on any atom is 0.379 e. The van der Waals surface area contributed by atoms with Crippen LogP contribution in [0.5, 0.6) is 0 Å². The smallest absolute Gasteiger partial charge is 0.379 e. The number of benzene rings is 1. The topological polar surface area (TPSA) is 43.4 Å². The van der Waals surface area contributed by atoms with Gasteiger partial charge in [-0.05, 0) is 19.3 Å². The molecule has 0 aliphatic heterocycles. The predicted octanol–water partition coefficient (Wildman–Crippen LogP) is 2.96. The molecule has 0 spiro atoms. The van der Waals surface area contributed by atoms with Crippen LogP contribution in [0.2, 0.25) is 0 Å². The van der Waals surface area contributed by atoms with Crippen molar-refractivity contribution in [2.75, 3.05) is 0 Å². The number of halogens is 1. The van der Waals surface area contributed by atoms with Gasteiger partial charge in [0.1, 0.15) is 6.10 Å². The Kier molecular flexibility index (Phi) is 4.37. The summed E-state index contributed by atoms with van der Waals surface area (Å²) < 4.78 is 5.20. The van der Waals surface area contributed by atoms with E-state index in [0.717, 1.165) is 25.7 Å². The maximum absolute atomic E-state index is 11.8. The largest absolute Gasteiger partial charge is 0.455 e. The van der Waals surface area contributed by atoms with Gasteiger partial charge in [-0.1, -0.05) is 36.8 Å². The average Bonchev–Trinajstić information content (AvgIpc) is 2.41. The van der Waals surface area contributed by atoms with Crippen LogP contribution in [-0.4, -0.2) is 23.2 Å². The zero-order chi connectivity index (χ0) is 13.0. The molecule has 0 amide bonds. The number of esters is 1. The van der Waals surface area contributed by atoms with Gasteiger partial charge in [0.05, 0.1) is 5.38 Å². The minimum Gasteiger partial charge on any atom is -0.455 e. The van der Waals surface area contributed by atoms with Crippen molar-refractivity contribution >= 4 is 23.4 Å². The Morgan fingerprint density at radius 2 is 1.78 bits per heavy atom. The average molecular weight is 267 g/mol. The van der Waals surface area contributed by atoms with Gasteiger partial charge in [0, 0.05) is 5.56 Å². The van der Waals surface area contributed by atoms with E-state index in [0.29, 0.717) is 5.56 Å². The van der Waals surface area contributed by atoms with Crippen LogP contribution in [0.25, 0.3) is 0 Å². The third kappa shape index (κ3) is 3.10. The normalized spacial score (nSPS) is 23.4. The fourth-order valence-corrected chi connectivity index (χ4v) is 2.41. The highest BCUT2D eigenvalue weighted by atomic mass is 35.5. The number of carbonyl (C=O) groups is 2. The van der Waals surface area contributed by atoms with Gasteiger partial charge in [0.25, 0.3) is 5.78 Å². The van der Waals surface area contributed by atoms with E-state index in [1.54, 1.807) is 30.3 Å². The zero-order valence-electron chi connectivity index (χ0n) is 9.97. The number of carbonyl (C=O) groups excluding carboxylic acids is 2. The third-order valence-corrected chi connectivity index (χ3v) is 3.60. The molecule has 0 N–H and O–H groups in total. The first-order valence-electron chi connectivity index (χ1n) is 6.13. The SMILES string of the molecule is O=C(O[C@@H]1CCCC[C@H]1Cl)C(=O)c1ccccc1. The number of rotatable bonds is 3. The number of ether oxygens (including phenoxy) is 1. The fourth-order valence-electron chi connectivity index (χ4n) is 2.08. The first kappa shape index (κ1) is 13.1. The molecular weight excluding hydrogens is 252 g/mol. The Balaban J connectivity index is 1.97. The Labute approximate surface area is 111 Å². The van der Waals surface area contributed by atoms with E-state index in [9.17, 15) is 9.59 Å². The molecule has 0 unspecified atom stereocenters. The van der Waals surface area contributed by atoms with E-state index in [1.165, 1.54) is 0 Å². The van der Waals surface area contributed by atoms with Gasteiger partial charge in [-0.3, -0.25) is 4.79 Å². The molecule has 1 aliphatic carbocycles. The van der Waals surface area contributed by atoms with E-state index in [-0.39, 0.29) is 11.5 Å². The predicted molar refractivity (Wildman–Crippen MR) is 68.8 cm³/mol. The summed E-state index contributed by atoms with van der Waals surface area (Å²) in [6.07, 6.45) is 3.27. The van der Waals surface area contributed by atoms with E-state index in [2.05, 4.69) is 0 Å². The lowest BCUT2D eigenvalue weighted by Crippen LogP contribution is -2.33. The summed E-state index contributed by atoms with van der Waals surface area (Å²) in [5.74, 6) is -1.41. The minimum atomic E-state index is -0.807. The van der Waals surface area contributed by atoms with E-state index >= 15 is 0 Å². The van der Waals surface area contributed by atoms with Crippen LogP contribution >= 0.6 is 11.6 Å². The molecule has 1 saturated carbocycles. The van der Waals surface area contributed by atoms with Gasteiger partial charge >= 0.3 is 5.97 Å². The van der Waals surface area contributed by atoms with Crippen LogP contribution in [0.3, 0.4) is 0 Å². The van der Waals surface area contributed by atoms with Crippen molar-refractivity contribution in [2.45, 2.75) is 37.2 Å². The van der Waals surface area contributed by atoms with Crippen LogP contribution in [0.4, 0.5) is 0 Å². The molecule has 18 heavy (non-hydrogen) atoms. The highest BCUT2D eigenvalue weighted by Gasteiger charge is 2.29. The van der Waals surface area contributed by atoms with E-state index in [4.69, 9.17) is 16.3 Å². The number of ketones is 1. The van der Waals surface area contributed by atoms with Crippen LogP contribution in [0.15, 0.2) is 30.3 Å². The monoisotopic (exact) mass is 266 g/mol. The van der Waals surface area contributed by atoms with Crippen molar-refractivity contribution in [3.8, 4) is 0 Å². The Morgan fingerprint density at radius 1 is 1.11 bits per heavy atom. The highest BCUT2D eigenvalue weighted by molar-refractivity contribution is 6.40. The van der Waals surface area contributed by atoms with Crippen molar-refractivity contribution < 1.29 is 14.3 Å². The highest BCUT2D eigenvalue weighted by Crippen LogP contribution is 2.25. The summed E-state index contributed by atoms with van der Waals surface area (Å²) in [7, 11) is 0. The van der Waals surface area contributed by atoms with Gasteiger partial charge < -0.3 is 4.74 Å². The molecule has 0 bridgehead atoms. The van der Waals surface area contributed by atoms with Crippen molar-refractivity contribution in [1.29, 1.82) is 0 Å². The summed E-state index contributed by atoms with van der Waals surface area (Å²) in [5, 5.41) is -0.175. The zero-order valence-corrected chi connectivity index (χ0v) is 10.7. The molecule has 4 heteroatoms. The number of hydrogen-bond acceptors (Lipinski definition) is 3. The molecule has 0 radical (unpaired) electrons. The van der Waals surface area contributed by atoms with Gasteiger partial charge in [0.2, 0.25) is 0 Å². The van der Waals surface area contributed by atoms with Crippen molar-refractivity contribution in [1.82, 2.24) is 0 Å². The lowest BCUT2D eigenvalue weighted by Gasteiger charge is -2.26. The van der Waals surface area contributed by atoms with Gasteiger partial charge in [-0.2, -0.15) is 0 Å². The molecule has 1 aromatic rings. The maximum atomic E-state index is 11.8. The molecule has 3 nitrogen and oxygen atoms in total. The molecular formula is C14H15ClO3. The summed E-state index contributed by atoms with van der Waals surface area (Å²) in [6, 6.07) is 8.42. The van der Waals surface area contributed by atoms with Crippen molar-refractivity contribution in [2.24, 2.45) is 0 Å². The van der Waals surface area contributed by atoms with Crippen LogP contribution < -0.4 is 0 Å². The van der Waals surface area contributed by atoms with E-state index in [1.807, 2.05) is 0 Å². The summed E-state index contributed by atoms with van der Waals surface area (Å²) in [4.78, 5) is 23.5. The molecule has 1 fully saturated rings. The Bertz CT molecular complexity index is 430. The van der Waals surface area contributed by atoms with Gasteiger partial charge in [-0.15, -0.1) is 11.6 Å². The third-order valence-electron chi connectivity index (χ3n) is 3.10. The second-order valence-corrected chi connectivity index (χ2v) is 5.00. The second kappa shape index (κ2) is 6.01. The molecule has 96 valence electrons. The van der Waals surface area contributed by atoms with Crippen LogP contribution in [0, 0.1) is 0 Å². The Morgan fingerprint density at radius 3 is 2.44 bits per heavy atom. The molecule has 0 heterocycles. The summed E-state index contributed by atoms with van der Waals surface area (Å²) in [5.41, 5.74) is 0.351. The van der Waals surface area contributed by atoms with Crippen LogP contribution in [0.1, 0.15) is 36.0 Å². The molecule has 1 aromatic carbocycles. The molecule has 0 saturated heterocycles. The quantitative estimate of drug-likeness (QED) is 0.366. The van der Waals surface area contributed by atoms with Gasteiger partial charge in [-0.25, -0.2) is 4.79 Å². The van der Waals surface area contributed by atoms with Crippen molar-refractivity contribution in [3.63, 3.8) is 0 Å². The van der Waals surface area contributed by atoms with E-state index < -0.39 is 11.8 Å². The first-order valence-corrected chi connectivity index (χ1v) is 6.56. The molecule has 0 aromatic heterocycles. The lowest BCUT2D eigenvalue weighted by molar-refractivity contribution is -0.144. The Hall–Kier alpha value is -1.35. The van der Waals surface area contributed by atoms with Crippen molar-refractivity contribution in [3.05, 3.63) is 35.9 Å². The summed E-state index contributed by atoms with van der Waals surface area (Å²) >= 11 is 6.09. The summed E-state index contributed by atoms with van der Waals surface area (Å²) in [6.45, 7) is 0. The fraction of sp³-hybridized carbons (Fsp3) is 0.429. The number of hydrogen-bond donors (Lipinski definition) is 0. The number of alkyl halides is 1. The van der Waals surface area contributed by atoms with Gasteiger partial charge in [0.15, 0.2) is 0 Å². The molecule has 2 atom stereocenters. The van der Waals surface area contributed by atoms with Crippen LogP contribution in [-0.2, 0) is 9.53 Å². The first-order chi connectivity index (χ1) is 8.68. The number of Topliss-reactive ketones (excluding diaryl/α,β-unsaturated/α-hetero) is 1. The standard InChI is InChI=1S/C14H15ClO3/c15-11-8-4-5-9-12(11)18-14(17)13(16)10-6-2-1-3-7-10/h1-3,6-7,11-12H,4-5,8-9H2/t11-,12-/m1/s1. The molecule has 2 rings (SSSR count). The minimum absolute atomic E-state index is 0.175. The molecule has 1 aliphatic rings. The second-order valence-electron chi connectivity index (χ2n) is 4.44.